The zero-order valence-corrected chi connectivity index (χ0v) is 11.6. The highest BCUT2D eigenvalue weighted by Gasteiger charge is 2.42. The van der Waals surface area contributed by atoms with E-state index in [1.807, 2.05) is 6.07 Å². The fraction of sp³-hybridized carbons (Fsp3) is 0.500. The van der Waals surface area contributed by atoms with Gasteiger partial charge in [0.1, 0.15) is 6.07 Å². The van der Waals surface area contributed by atoms with E-state index in [0.29, 0.717) is 18.5 Å². The molecule has 0 bridgehead atoms. The van der Waals surface area contributed by atoms with Gasteiger partial charge in [-0.3, -0.25) is 10.1 Å². The van der Waals surface area contributed by atoms with E-state index in [2.05, 4.69) is 5.32 Å². The van der Waals surface area contributed by atoms with Crippen molar-refractivity contribution >= 4 is 11.4 Å². The van der Waals surface area contributed by atoms with Gasteiger partial charge in [0.05, 0.1) is 22.1 Å². The summed E-state index contributed by atoms with van der Waals surface area (Å²) in [4.78, 5) is 10.1. The van der Waals surface area contributed by atoms with Crippen molar-refractivity contribution in [3.63, 3.8) is 0 Å². The lowest BCUT2D eigenvalue weighted by molar-refractivity contribution is -0.384. The van der Waals surface area contributed by atoms with Crippen LogP contribution >= 0.6 is 0 Å². The molecule has 5 nitrogen and oxygen atoms in total. The number of halogens is 3. The molecule has 0 aromatic heterocycles. The Hall–Kier alpha value is -2.30. The van der Waals surface area contributed by atoms with Gasteiger partial charge in [-0.2, -0.15) is 18.4 Å². The lowest BCUT2D eigenvalue weighted by atomic mass is 9.85. The van der Waals surface area contributed by atoms with Gasteiger partial charge in [-0.1, -0.05) is 6.42 Å². The number of hydrogen-bond acceptors (Lipinski definition) is 4. The predicted molar refractivity (Wildman–Crippen MR) is 73.2 cm³/mol. The summed E-state index contributed by atoms with van der Waals surface area (Å²) < 4.78 is 38.4. The van der Waals surface area contributed by atoms with Crippen molar-refractivity contribution in [2.24, 2.45) is 5.92 Å². The molecule has 0 aliphatic heterocycles. The second-order valence-corrected chi connectivity index (χ2v) is 5.35. The first-order chi connectivity index (χ1) is 10.3. The summed E-state index contributed by atoms with van der Waals surface area (Å²) in [6.45, 7) is 0. The van der Waals surface area contributed by atoms with Gasteiger partial charge in [0.15, 0.2) is 0 Å². The minimum atomic E-state index is -4.21. The van der Waals surface area contributed by atoms with Crippen LogP contribution in [0.5, 0.6) is 0 Å². The first-order valence-corrected chi connectivity index (χ1v) is 6.83. The van der Waals surface area contributed by atoms with Gasteiger partial charge in [-0.15, -0.1) is 0 Å². The smallest absolute Gasteiger partial charge is 0.381 e. The van der Waals surface area contributed by atoms with E-state index in [0.717, 1.165) is 6.07 Å². The van der Waals surface area contributed by atoms with Gasteiger partial charge in [0.2, 0.25) is 0 Å². The third kappa shape index (κ3) is 3.67. The van der Waals surface area contributed by atoms with E-state index in [9.17, 15) is 23.3 Å². The van der Waals surface area contributed by atoms with Gasteiger partial charge in [0.25, 0.3) is 5.69 Å². The summed E-state index contributed by atoms with van der Waals surface area (Å²) in [5.74, 6) is -1.35. The molecule has 0 spiro atoms. The SMILES string of the molecule is N#Cc1cc([N+](=O)[O-])ccc1N[C@@H]1CCC[C@@H](C(F)(F)F)C1. The molecule has 2 rings (SSSR count). The molecule has 1 aliphatic carbocycles. The van der Waals surface area contributed by atoms with Gasteiger partial charge in [-0.05, 0) is 25.3 Å². The van der Waals surface area contributed by atoms with Crippen LogP contribution in [0.1, 0.15) is 31.2 Å². The van der Waals surface area contributed by atoms with E-state index in [-0.39, 0.29) is 24.1 Å². The molecule has 1 aliphatic rings. The Kier molecular flexibility index (Phi) is 4.54. The predicted octanol–water partition coefficient (Wildman–Crippen LogP) is 4.00. The van der Waals surface area contributed by atoms with E-state index in [1.165, 1.54) is 12.1 Å². The summed E-state index contributed by atoms with van der Waals surface area (Å²) in [6, 6.07) is 5.15. The Balaban J connectivity index is 2.13. The molecule has 1 saturated carbocycles. The molecule has 22 heavy (non-hydrogen) atoms. The number of nitrogens with zero attached hydrogens (tertiary/aromatic N) is 2. The molecule has 1 aromatic carbocycles. The van der Waals surface area contributed by atoms with E-state index in [1.54, 1.807) is 0 Å². The van der Waals surface area contributed by atoms with E-state index < -0.39 is 23.1 Å². The quantitative estimate of drug-likeness (QED) is 0.675. The lowest BCUT2D eigenvalue weighted by Gasteiger charge is -2.31. The normalized spacial score (nSPS) is 21.9. The fourth-order valence-electron chi connectivity index (χ4n) is 2.70. The topological polar surface area (TPSA) is 79.0 Å². The van der Waals surface area contributed by atoms with Crippen LogP contribution in [0.4, 0.5) is 24.5 Å². The average molecular weight is 313 g/mol. The van der Waals surface area contributed by atoms with Crippen molar-refractivity contribution in [2.45, 2.75) is 37.9 Å². The Morgan fingerprint density at radius 1 is 1.36 bits per heavy atom. The van der Waals surface area contributed by atoms with Crippen molar-refractivity contribution < 1.29 is 18.1 Å². The first-order valence-electron chi connectivity index (χ1n) is 6.83. The largest absolute Gasteiger partial charge is 0.391 e. The van der Waals surface area contributed by atoms with Gasteiger partial charge in [-0.25, -0.2) is 0 Å². The number of anilines is 1. The number of nitro benzene ring substituents is 1. The molecule has 8 heteroatoms. The number of nitro groups is 1. The van der Waals surface area contributed by atoms with E-state index >= 15 is 0 Å². The number of nitriles is 1. The minimum Gasteiger partial charge on any atom is -0.381 e. The first kappa shape index (κ1) is 16.1. The number of non-ortho nitro benzene ring substituents is 1. The number of rotatable bonds is 3. The maximum atomic E-state index is 12.8. The average Bonchev–Trinajstić information content (AvgIpc) is 2.47. The highest BCUT2D eigenvalue weighted by Crippen LogP contribution is 2.38. The number of benzene rings is 1. The maximum absolute atomic E-state index is 12.8. The van der Waals surface area contributed by atoms with Crippen LogP contribution in [0.25, 0.3) is 0 Å². The summed E-state index contributed by atoms with van der Waals surface area (Å²) in [5.41, 5.74) is 0.170. The molecule has 0 heterocycles. The molecule has 118 valence electrons. The number of hydrogen-bond donors (Lipinski definition) is 1. The highest BCUT2D eigenvalue weighted by molar-refractivity contribution is 5.61. The number of alkyl halides is 3. The fourth-order valence-corrected chi connectivity index (χ4v) is 2.70. The molecule has 1 fully saturated rings. The third-order valence-electron chi connectivity index (χ3n) is 3.83. The lowest BCUT2D eigenvalue weighted by Crippen LogP contribution is -2.34. The van der Waals surface area contributed by atoms with Crippen LogP contribution in [0.3, 0.4) is 0 Å². The van der Waals surface area contributed by atoms with Crippen LogP contribution in [0.2, 0.25) is 0 Å². The highest BCUT2D eigenvalue weighted by atomic mass is 19.4. The van der Waals surface area contributed by atoms with Gasteiger partial charge >= 0.3 is 6.18 Å². The molecule has 0 amide bonds. The van der Waals surface area contributed by atoms with Crippen molar-refractivity contribution in [3.05, 3.63) is 33.9 Å². The van der Waals surface area contributed by atoms with Crippen molar-refractivity contribution in [1.82, 2.24) is 0 Å². The monoisotopic (exact) mass is 313 g/mol. The Morgan fingerprint density at radius 3 is 2.68 bits per heavy atom. The molecule has 0 saturated heterocycles. The van der Waals surface area contributed by atoms with Crippen LogP contribution < -0.4 is 5.32 Å². The summed E-state index contributed by atoms with van der Waals surface area (Å²) in [7, 11) is 0. The van der Waals surface area contributed by atoms with Gasteiger partial charge in [0, 0.05) is 18.2 Å². The Morgan fingerprint density at radius 2 is 2.09 bits per heavy atom. The van der Waals surface area contributed by atoms with Crippen molar-refractivity contribution in [3.8, 4) is 6.07 Å². The Labute approximate surface area is 124 Å². The summed E-state index contributed by atoms with van der Waals surface area (Å²) >= 11 is 0. The second kappa shape index (κ2) is 6.22. The molecule has 0 unspecified atom stereocenters. The minimum absolute atomic E-state index is 0.0502. The summed E-state index contributed by atoms with van der Waals surface area (Å²) in [5, 5.41) is 22.6. The van der Waals surface area contributed by atoms with Crippen LogP contribution in [0, 0.1) is 27.4 Å². The molecule has 1 N–H and O–H groups in total. The van der Waals surface area contributed by atoms with Crippen molar-refractivity contribution in [1.29, 1.82) is 5.26 Å². The molecular formula is C14H14F3N3O2. The van der Waals surface area contributed by atoms with Gasteiger partial charge < -0.3 is 5.32 Å². The molecular weight excluding hydrogens is 299 g/mol. The maximum Gasteiger partial charge on any atom is 0.391 e. The zero-order chi connectivity index (χ0) is 16.3. The summed E-state index contributed by atoms with van der Waals surface area (Å²) in [6.07, 6.45) is -3.11. The zero-order valence-electron chi connectivity index (χ0n) is 11.6. The molecule has 2 atom stereocenters. The molecule has 1 aromatic rings. The second-order valence-electron chi connectivity index (χ2n) is 5.35. The Bertz CT molecular complexity index is 610. The van der Waals surface area contributed by atoms with Crippen LogP contribution in [-0.2, 0) is 0 Å². The van der Waals surface area contributed by atoms with Crippen LogP contribution in [-0.4, -0.2) is 17.1 Å². The van der Waals surface area contributed by atoms with Crippen molar-refractivity contribution in [2.75, 3.05) is 5.32 Å². The molecule has 0 radical (unpaired) electrons. The van der Waals surface area contributed by atoms with Crippen LogP contribution in [0.15, 0.2) is 18.2 Å². The van der Waals surface area contributed by atoms with E-state index in [4.69, 9.17) is 5.26 Å². The number of nitrogens with one attached hydrogen (secondary N) is 1. The third-order valence-corrected chi connectivity index (χ3v) is 3.83. The standard InChI is InChI=1S/C14H14F3N3O2/c15-14(16,17)10-2-1-3-11(7-10)19-13-5-4-12(20(21)22)6-9(13)8-18/h4-6,10-11,19H,1-3,7H2/t10-,11-/m1/s1.